The molecular weight excluding hydrogens is 486 g/mol. The number of ether oxygens (including phenoxy) is 1. The molecule has 3 unspecified atom stereocenters. The van der Waals surface area contributed by atoms with Crippen molar-refractivity contribution in [3.05, 3.63) is 71.9 Å². The monoisotopic (exact) mass is 515 g/mol. The minimum Gasteiger partial charge on any atom is -0.457 e. The topological polar surface area (TPSA) is 86.8 Å². The Labute approximate surface area is 220 Å². The number of anilines is 2. The smallest absolute Gasteiger partial charge is 0.327 e. The lowest BCUT2D eigenvalue weighted by atomic mass is 9.99. The molecule has 4 heterocycles. The van der Waals surface area contributed by atoms with Crippen molar-refractivity contribution in [3.8, 4) is 11.5 Å². The fraction of sp³-hybridized carbons (Fsp3) is 0.321. The molecule has 0 aliphatic carbocycles. The summed E-state index contributed by atoms with van der Waals surface area (Å²) in [5.74, 6) is 1.86. The fourth-order valence-corrected chi connectivity index (χ4v) is 6.62. The zero-order chi connectivity index (χ0) is 25.5. The average molecular weight is 516 g/mol. The number of amides is 3. The number of para-hydroxylation sites is 1. The second kappa shape index (κ2) is 9.72. The van der Waals surface area contributed by atoms with Crippen molar-refractivity contribution in [2.45, 2.75) is 29.7 Å². The molecule has 0 bridgehead atoms. The number of aryl methyl sites for hydroxylation is 1. The minimum absolute atomic E-state index is 0.0548. The Kier molecular flexibility index (Phi) is 6.26. The van der Waals surface area contributed by atoms with Crippen LogP contribution >= 0.6 is 11.8 Å². The van der Waals surface area contributed by atoms with Gasteiger partial charge in [0.25, 0.3) is 0 Å². The highest BCUT2D eigenvalue weighted by Crippen LogP contribution is 2.51. The van der Waals surface area contributed by atoms with Crippen molar-refractivity contribution in [2.75, 3.05) is 31.6 Å². The van der Waals surface area contributed by atoms with Gasteiger partial charge in [0.15, 0.2) is 0 Å². The van der Waals surface area contributed by atoms with Crippen LogP contribution in [0.15, 0.2) is 65.8 Å². The van der Waals surface area contributed by atoms with Crippen molar-refractivity contribution >= 4 is 35.1 Å². The first-order valence-corrected chi connectivity index (χ1v) is 13.4. The highest BCUT2D eigenvalue weighted by molar-refractivity contribution is 8.01. The summed E-state index contributed by atoms with van der Waals surface area (Å²) < 4.78 is 5.97. The summed E-state index contributed by atoms with van der Waals surface area (Å²) in [6.07, 6.45) is 2.80. The van der Waals surface area contributed by atoms with Gasteiger partial charge in [-0.25, -0.2) is 9.78 Å². The van der Waals surface area contributed by atoms with Gasteiger partial charge in [0.1, 0.15) is 21.8 Å². The SMILES string of the molecule is Cc1cc(Oc2ccccc2)ccc1N1C(=O)NC2c3c1ccnc3SC2C(=O)NCC1CCN(C)C1. The van der Waals surface area contributed by atoms with E-state index in [2.05, 4.69) is 27.6 Å². The van der Waals surface area contributed by atoms with Crippen molar-refractivity contribution in [1.29, 1.82) is 0 Å². The van der Waals surface area contributed by atoms with E-state index < -0.39 is 11.3 Å². The number of thioether (sulfide) groups is 1. The van der Waals surface area contributed by atoms with Crippen molar-refractivity contribution in [1.82, 2.24) is 20.5 Å². The summed E-state index contributed by atoms with van der Waals surface area (Å²) in [5, 5.41) is 6.57. The van der Waals surface area contributed by atoms with E-state index >= 15 is 0 Å². The molecule has 0 spiro atoms. The molecule has 0 radical (unpaired) electrons. The van der Waals surface area contributed by atoms with E-state index in [9.17, 15) is 9.59 Å². The van der Waals surface area contributed by atoms with Crippen LogP contribution in [0.2, 0.25) is 0 Å². The standard InChI is InChI=1S/C28H29N5O3S/c1-17-14-20(36-19-6-4-3-5-7-19)8-9-21(17)33-22-10-12-29-27-23(22)24(31-28(33)35)25(37-27)26(34)30-15-18-11-13-32(2)16-18/h3-10,12,14,18,24-25H,11,13,15-16H2,1-2H3,(H,30,34)(H,31,35). The maximum atomic E-state index is 13.5. The third kappa shape index (κ3) is 4.53. The number of benzene rings is 2. The van der Waals surface area contributed by atoms with E-state index in [4.69, 9.17) is 4.74 Å². The number of likely N-dealkylation sites (tertiary alicyclic amines) is 1. The number of rotatable bonds is 6. The summed E-state index contributed by atoms with van der Waals surface area (Å²) >= 11 is 1.43. The Hall–Kier alpha value is -3.56. The Morgan fingerprint density at radius 2 is 2.00 bits per heavy atom. The third-order valence-electron chi connectivity index (χ3n) is 7.21. The lowest BCUT2D eigenvalue weighted by Crippen LogP contribution is -2.49. The molecule has 3 amide bonds. The molecule has 190 valence electrons. The molecule has 37 heavy (non-hydrogen) atoms. The first-order valence-electron chi connectivity index (χ1n) is 12.5. The number of hydrogen-bond donors (Lipinski definition) is 2. The van der Waals surface area contributed by atoms with Gasteiger partial charge in [-0.1, -0.05) is 30.0 Å². The molecule has 1 aromatic heterocycles. The fourth-order valence-electron chi connectivity index (χ4n) is 5.37. The van der Waals surface area contributed by atoms with E-state index in [0.29, 0.717) is 18.2 Å². The molecule has 1 fully saturated rings. The zero-order valence-corrected chi connectivity index (χ0v) is 21.6. The van der Waals surface area contributed by atoms with Gasteiger partial charge in [-0.05, 0) is 74.8 Å². The Morgan fingerprint density at radius 1 is 1.16 bits per heavy atom. The molecule has 1 saturated heterocycles. The molecule has 3 aliphatic rings. The largest absolute Gasteiger partial charge is 0.457 e. The maximum absolute atomic E-state index is 13.5. The molecule has 6 rings (SSSR count). The van der Waals surface area contributed by atoms with E-state index in [-0.39, 0.29) is 11.9 Å². The highest BCUT2D eigenvalue weighted by Gasteiger charge is 2.46. The lowest BCUT2D eigenvalue weighted by molar-refractivity contribution is -0.121. The molecule has 3 aromatic rings. The molecular formula is C28H29N5O3S. The van der Waals surface area contributed by atoms with Gasteiger partial charge >= 0.3 is 6.03 Å². The second-order valence-corrected chi connectivity index (χ2v) is 11.0. The van der Waals surface area contributed by atoms with Crippen LogP contribution < -0.4 is 20.3 Å². The third-order valence-corrected chi connectivity index (χ3v) is 8.50. The van der Waals surface area contributed by atoms with Gasteiger partial charge < -0.3 is 20.3 Å². The lowest BCUT2D eigenvalue weighted by Gasteiger charge is -2.35. The Bertz CT molecular complexity index is 1350. The number of aromatic nitrogens is 1. The summed E-state index contributed by atoms with van der Waals surface area (Å²) in [7, 11) is 2.10. The summed E-state index contributed by atoms with van der Waals surface area (Å²) in [5.41, 5.74) is 3.32. The molecule has 0 saturated carbocycles. The first kappa shape index (κ1) is 23.8. The number of hydrogen-bond acceptors (Lipinski definition) is 6. The van der Waals surface area contributed by atoms with Crippen molar-refractivity contribution in [3.63, 3.8) is 0 Å². The number of carbonyl (C=O) groups is 2. The molecule has 2 N–H and O–H groups in total. The van der Waals surface area contributed by atoms with Crippen LogP contribution in [0.5, 0.6) is 11.5 Å². The number of urea groups is 1. The minimum atomic E-state index is -0.448. The Balaban J connectivity index is 1.24. The van der Waals surface area contributed by atoms with E-state index in [0.717, 1.165) is 52.8 Å². The average Bonchev–Trinajstić information content (AvgIpc) is 3.48. The molecule has 2 aromatic carbocycles. The van der Waals surface area contributed by atoms with Gasteiger partial charge in [-0.15, -0.1) is 0 Å². The first-order chi connectivity index (χ1) is 18.0. The van der Waals surface area contributed by atoms with Crippen molar-refractivity contribution in [2.24, 2.45) is 5.92 Å². The zero-order valence-electron chi connectivity index (χ0n) is 20.8. The van der Waals surface area contributed by atoms with Crippen molar-refractivity contribution < 1.29 is 14.3 Å². The van der Waals surface area contributed by atoms with Crippen LogP contribution in [-0.4, -0.2) is 53.8 Å². The molecule has 3 aliphatic heterocycles. The quantitative estimate of drug-likeness (QED) is 0.498. The van der Waals surface area contributed by atoms with Gasteiger partial charge in [0, 0.05) is 24.8 Å². The molecule has 8 nitrogen and oxygen atoms in total. The van der Waals surface area contributed by atoms with Crippen LogP contribution in [0.3, 0.4) is 0 Å². The van der Waals surface area contributed by atoms with E-state index in [1.54, 1.807) is 11.1 Å². The van der Waals surface area contributed by atoms with Gasteiger partial charge in [0.2, 0.25) is 5.91 Å². The van der Waals surface area contributed by atoms with E-state index in [1.165, 1.54) is 11.8 Å². The van der Waals surface area contributed by atoms with Crippen LogP contribution in [0, 0.1) is 12.8 Å². The number of nitrogens with zero attached hydrogens (tertiary/aromatic N) is 3. The van der Waals surface area contributed by atoms with Crippen LogP contribution in [0.25, 0.3) is 0 Å². The van der Waals surface area contributed by atoms with Gasteiger partial charge in [-0.2, -0.15) is 0 Å². The predicted octanol–water partition coefficient (Wildman–Crippen LogP) is 4.63. The summed E-state index contributed by atoms with van der Waals surface area (Å²) in [6, 6.07) is 16.5. The van der Waals surface area contributed by atoms with Crippen LogP contribution in [-0.2, 0) is 4.79 Å². The van der Waals surface area contributed by atoms with Crippen LogP contribution in [0.1, 0.15) is 23.6 Å². The van der Waals surface area contributed by atoms with E-state index in [1.807, 2.05) is 61.5 Å². The maximum Gasteiger partial charge on any atom is 0.327 e. The number of pyridine rings is 1. The second-order valence-electron chi connectivity index (χ2n) is 9.88. The summed E-state index contributed by atoms with van der Waals surface area (Å²) in [4.78, 5) is 35.2. The normalized spacial score (nSPS) is 22.5. The summed E-state index contributed by atoms with van der Waals surface area (Å²) in [6.45, 7) is 4.66. The predicted molar refractivity (Wildman–Crippen MR) is 144 cm³/mol. The highest BCUT2D eigenvalue weighted by atomic mass is 32.2. The van der Waals surface area contributed by atoms with Gasteiger partial charge in [0.05, 0.1) is 17.4 Å². The molecule has 3 atom stereocenters. The molecule has 9 heteroatoms. The van der Waals surface area contributed by atoms with Gasteiger partial charge in [-0.3, -0.25) is 9.69 Å². The number of nitrogens with one attached hydrogen (secondary N) is 2. The number of carbonyl (C=O) groups excluding carboxylic acids is 2. The van der Waals surface area contributed by atoms with Crippen LogP contribution in [0.4, 0.5) is 16.2 Å². The Morgan fingerprint density at radius 3 is 2.76 bits per heavy atom.